The van der Waals surface area contributed by atoms with Gasteiger partial charge < -0.3 is 4.55 Å². The highest BCUT2D eigenvalue weighted by Gasteiger charge is 2.25. The molecule has 0 aromatic carbocycles. The molecular weight excluding hydrogens is 288 g/mol. The number of aromatic nitrogens is 2. The molecule has 0 aliphatic carbocycles. The maximum absolute atomic E-state index is 11.7. The quantitative estimate of drug-likeness (QED) is 0.813. The zero-order chi connectivity index (χ0) is 15.7. The van der Waals surface area contributed by atoms with E-state index in [0.29, 0.717) is 0 Å². The highest BCUT2D eigenvalue weighted by Crippen LogP contribution is 2.30. The van der Waals surface area contributed by atoms with Gasteiger partial charge in [0.05, 0.1) is 11.4 Å². The molecule has 1 unspecified atom stereocenters. The fraction of sp³-hybridized carbons (Fsp3) is 0.333. The molecule has 0 saturated heterocycles. The van der Waals surface area contributed by atoms with Crippen molar-refractivity contribution in [2.45, 2.75) is 31.4 Å². The summed E-state index contributed by atoms with van der Waals surface area (Å²) in [6.07, 6.45) is 2.98. The van der Waals surface area contributed by atoms with Crippen molar-refractivity contribution in [3.8, 4) is 0 Å². The molecule has 0 aliphatic rings. The van der Waals surface area contributed by atoms with Gasteiger partial charge in [-0.25, -0.2) is 8.42 Å². The molecule has 6 heteroatoms. The fourth-order valence-electron chi connectivity index (χ4n) is 2.04. The molecule has 2 rings (SSSR count). The summed E-state index contributed by atoms with van der Waals surface area (Å²) in [4.78, 5) is 8.07. The van der Waals surface area contributed by atoms with Crippen molar-refractivity contribution in [2.24, 2.45) is 0 Å². The van der Waals surface area contributed by atoms with Crippen LogP contribution in [0.3, 0.4) is 0 Å². The van der Waals surface area contributed by atoms with Gasteiger partial charge in [0.2, 0.25) is 0 Å². The lowest BCUT2D eigenvalue weighted by molar-refractivity contribution is 0.453. The van der Waals surface area contributed by atoms with E-state index in [1.165, 1.54) is 18.5 Å². The lowest BCUT2D eigenvalue weighted by Crippen LogP contribution is -2.18. The van der Waals surface area contributed by atoms with Crippen molar-refractivity contribution >= 4 is 10.1 Å². The van der Waals surface area contributed by atoms with Gasteiger partial charge in [0.1, 0.15) is 15.4 Å². The van der Waals surface area contributed by atoms with Crippen molar-refractivity contribution in [1.82, 2.24) is 9.97 Å². The van der Waals surface area contributed by atoms with Crippen LogP contribution in [0, 0.1) is 0 Å². The van der Waals surface area contributed by atoms with E-state index in [1.807, 2.05) is 26.8 Å². The smallest absolute Gasteiger partial charge is 0.133 e. The van der Waals surface area contributed by atoms with Crippen LogP contribution in [0.4, 0.5) is 0 Å². The van der Waals surface area contributed by atoms with Crippen LogP contribution in [-0.2, 0) is 15.5 Å². The molecule has 0 bridgehead atoms. The third-order valence-electron chi connectivity index (χ3n) is 3.16. The summed E-state index contributed by atoms with van der Waals surface area (Å²) < 4.78 is 35.0. The first-order chi connectivity index (χ1) is 9.69. The van der Waals surface area contributed by atoms with Crippen LogP contribution in [0.2, 0.25) is 0 Å². The molecule has 0 aliphatic heterocycles. The normalized spacial score (nSPS) is 13.9. The van der Waals surface area contributed by atoms with Gasteiger partial charge in [-0.05, 0) is 35.2 Å². The van der Waals surface area contributed by atoms with Gasteiger partial charge in [-0.3, -0.25) is 9.97 Å². The molecule has 0 radical (unpaired) electrons. The zero-order valence-corrected chi connectivity index (χ0v) is 13.0. The summed E-state index contributed by atoms with van der Waals surface area (Å²) in [5, 5.41) is -1.39. The van der Waals surface area contributed by atoms with Crippen LogP contribution in [0.5, 0.6) is 0 Å². The first-order valence-electron chi connectivity index (χ1n) is 6.51. The Kier molecular flexibility index (Phi) is 4.11. The predicted octanol–water partition coefficient (Wildman–Crippen LogP) is 2.41. The van der Waals surface area contributed by atoms with Crippen molar-refractivity contribution in [1.29, 1.82) is 0 Å². The largest absolute Gasteiger partial charge is 0.747 e. The minimum atomic E-state index is -4.61. The molecule has 2 aromatic heterocycles. The first kappa shape index (κ1) is 15.6. The van der Waals surface area contributed by atoms with Gasteiger partial charge in [-0.15, -0.1) is 0 Å². The number of nitrogens with zero attached hydrogens (tertiary/aromatic N) is 2. The fourth-order valence-corrected chi connectivity index (χ4v) is 2.90. The number of hydrogen-bond acceptors (Lipinski definition) is 5. The predicted molar refractivity (Wildman–Crippen MR) is 78.7 cm³/mol. The van der Waals surface area contributed by atoms with Crippen LogP contribution in [0.1, 0.15) is 43.0 Å². The van der Waals surface area contributed by atoms with Gasteiger partial charge in [0.15, 0.2) is 0 Å². The van der Waals surface area contributed by atoms with Crippen LogP contribution in [-0.4, -0.2) is 22.9 Å². The van der Waals surface area contributed by atoms with E-state index in [9.17, 15) is 13.0 Å². The minimum absolute atomic E-state index is 0.168. The summed E-state index contributed by atoms with van der Waals surface area (Å²) in [5.74, 6) is 0. The number of pyridine rings is 2. The summed E-state index contributed by atoms with van der Waals surface area (Å²) in [6.45, 7) is 6.02. The molecule has 5 nitrogen and oxygen atoms in total. The Labute approximate surface area is 124 Å². The Morgan fingerprint density at radius 3 is 2.24 bits per heavy atom. The Balaban J connectivity index is 2.59. The standard InChI is InChI=1S/C15H18N2O3S/c1-15(2,3)11-7-9-17-13(10-11)14(21(18,19)20)12-6-4-5-8-16-12/h4-10,14H,1-3H3,(H,18,19,20)/p-1. The van der Waals surface area contributed by atoms with E-state index in [1.54, 1.807) is 18.2 Å². The van der Waals surface area contributed by atoms with Crippen LogP contribution in [0.25, 0.3) is 0 Å². The van der Waals surface area contributed by atoms with Crippen molar-refractivity contribution in [2.75, 3.05) is 0 Å². The highest BCUT2D eigenvalue weighted by atomic mass is 32.2. The van der Waals surface area contributed by atoms with Crippen LogP contribution >= 0.6 is 0 Å². The second-order valence-corrected chi connectivity index (χ2v) is 7.30. The summed E-state index contributed by atoms with van der Waals surface area (Å²) in [5.41, 5.74) is 1.14. The second kappa shape index (κ2) is 5.54. The minimum Gasteiger partial charge on any atom is -0.747 e. The number of hydrogen-bond donors (Lipinski definition) is 0. The molecule has 21 heavy (non-hydrogen) atoms. The molecular formula is C15H17N2O3S-. The Morgan fingerprint density at radius 1 is 1.05 bits per heavy atom. The van der Waals surface area contributed by atoms with Gasteiger partial charge >= 0.3 is 0 Å². The van der Waals surface area contributed by atoms with E-state index < -0.39 is 15.4 Å². The molecule has 0 spiro atoms. The monoisotopic (exact) mass is 305 g/mol. The maximum atomic E-state index is 11.7. The molecule has 112 valence electrons. The van der Waals surface area contributed by atoms with Crippen molar-refractivity contribution in [3.63, 3.8) is 0 Å². The first-order valence-corrected chi connectivity index (χ1v) is 7.99. The van der Waals surface area contributed by atoms with E-state index in [0.717, 1.165) is 5.56 Å². The highest BCUT2D eigenvalue weighted by molar-refractivity contribution is 7.86. The van der Waals surface area contributed by atoms with E-state index >= 15 is 0 Å². The third-order valence-corrected chi connectivity index (χ3v) is 4.22. The molecule has 2 heterocycles. The Morgan fingerprint density at radius 2 is 1.71 bits per heavy atom. The van der Waals surface area contributed by atoms with E-state index in [2.05, 4.69) is 9.97 Å². The van der Waals surface area contributed by atoms with Crippen molar-refractivity contribution < 1.29 is 13.0 Å². The molecule has 0 fully saturated rings. The van der Waals surface area contributed by atoms with Gasteiger partial charge in [0, 0.05) is 12.4 Å². The van der Waals surface area contributed by atoms with E-state index in [-0.39, 0.29) is 16.8 Å². The molecule has 0 saturated carbocycles. The van der Waals surface area contributed by atoms with Gasteiger partial charge in [-0.2, -0.15) is 0 Å². The summed E-state index contributed by atoms with van der Waals surface area (Å²) in [6, 6.07) is 8.31. The second-order valence-electron chi connectivity index (χ2n) is 5.85. The van der Waals surface area contributed by atoms with Gasteiger partial charge in [0.25, 0.3) is 0 Å². The SMILES string of the molecule is CC(C)(C)c1ccnc(C(c2ccccn2)S(=O)(=O)[O-])c1. The number of rotatable bonds is 3. The summed E-state index contributed by atoms with van der Waals surface area (Å²) >= 11 is 0. The molecule has 0 amide bonds. The van der Waals surface area contributed by atoms with E-state index in [4.69, 9.17) is 0 Å². The average molecular weight is 305 g/mol. The van der Waals surface area contributed by atoms with Crippen LogP contribution in [0.15, 0.2) is 42.7 Å². The lowest BCUT2D eigenvalue weighted by Gasteiger charge is -2.23. The lowest BCUT2D eigenvalue weighted by atomic mass is 9.87. The average Bonchev–Trinajstić information content (AvgIpc) is 2.38. The van der Waals surface area contributed by atoms with Crippen LogP contribution < -0.4 is 0 Å². The molecule has 0 N–H and O–H groups in total. The summed E-state index contributed by atoms with van der Waals surface area (Å²) in [7, 11) is -4.61. The molecule has 1 atom stereocenters. The topological polar surface area (TPSA) is 83.0 Å². The molecule has 2 aromatic rings. The third kappa shape index (κ3) is 3.65. The van der Waals surface area contributed by atoms with Gasteiger partial charge in [-0.1, -0.05) is 26.8 Å². The Bertz CT molecular complexity index is 722. The van der Waals surface area contributed by atoms with Crippen molar-refractivity contribution in [3.05, 3.63) is 59.7 Å². The zero-order valence-electron chi connectivity index (χ0n) is 12.1. The maximum Gasteiger partial charge on any atom is 0.133 e. The Hall–Kier alpha value is -1.79.